The Labute approximate surface area is 110 Å². The lowest BCUT2D eigenvalue weighted by molar-refractivity contribution is 0.202. The van der Waals surface area contributed by atoms with Gasteiger partial charge in [-0.15, -0.1) is 0 Å². The molecule has 1 aromatic carbocycles. The van der Waals surface area contributed by atoms with Crippen LogP contribution in [0.25, 0.3) is 0 Å². The molecule has 0 aliphatic rings. The Hall–Kier alpha value is -1.06. The van der Waals surface area contributed by atoms with E-state index in [1.165, 1.54) is 5.56 Å². The fourth-order valence-corrected chi connectivity index (χ4v) is 1.52. The van der Waals surface area contributed by atoms with E-state index in [0.717, 1.165) is 25.2 Å². The van der Waals surface area contributed by atoms with Crippen molar-refractivity contribution in [2.45, 2.75) is 26.7 Å². The van der Waals surface area contributed by atoms with E-state index in [0.29, 0.717) is 13.2 Å². The van der Waals surface area contributed by atoms with Crippen molar-refractivity contribution in [3.63, 3.8) is 0 Å². The first-order chi connectivity index (χ1) is 8.57. The highest BCUT2D eigenvalue weighted by Crippen LogP contribution is 2.19. The summed E-state index contributed by atoms with van der Waals surface area (Å²) in [6.07, 6.45) is 1.91. The summed E-state index contributed by atoms with van der Waals surface area (Å²) in [6, 6.07) is 8.20. The van der Waals surface area contributed by atoms with Gasteiger partial charge in [0.25, 0.3) is 0 Å². The van der Waals surface area contributed by atoms with E-state index in [1.807, 2.05) is 12.1 Å². The summed E-state index contributed by atoms with van der Waals surface area (Å²) in [6.45, 7) is 6.47. The monoisotopic (exact) mass is 251 g/mol. The first-order valence-corrected chi connectivity index (χ1v) is 6.48. The summed E-state index contributed by atoms with van der Waals surface area (Å²) >= 11 is 0. The van der Waals surface area contributed by atoms with Crippen LogP contribution in [0, 0.1) is 5.41 Å². The van der Waals surface area contributed by atoms with Crippen LogP contribution in [0.5, 0.6) is 5.75 Å². The zero-order valence-corrected chi connectivity index (χ0v) is 11.7. The molecular formula is C15H25NO2. The third kappa shape index (κ3) is 5.52. The minimum absolute atomic E-state index is 0.151. The molecule has 18 heavy (non-hydrogen) atoms. The lowest BCUT2D eigenvalue weighted by Crippen LogP contribution is -2.25. The minimum Gasteiger partial charge on any atom is -0.494 e. The third-order valence-electron chi connectivity index (χ3n) is 3.12. The fraction of sp³-hybridized carbons (Fsp3) is 0.600. The zero-order valence-electron chi connectivity index (χ0n) is 11.7. The van der Waals surface area contributed by atoms with Crippen LogP contribution in [0.2, 0.25) is 0 Å². The van der Waals surface area contributed by atoms with E-state index in [1.54, 1.807) is 7.11 Å². The van der Waals surface area contributed by atoms with E-state index < -0.39 is 0 Å². The molecule has 0 amide bonds. The first-order valence-electron chi connectivity index (χ1n) is 6.48. The molecule has 0 saturated heterocycles. The number of ether oxygens (including phenoxy) is 2. The summed E-state index contributed by atoms with van der Waals surface area (Å²) in [5.41, 5.74) is 7.11. The van der Waals surface area contributed by atoms with Crippen molar-refractivity contribution in [1.29, 1.82) is 0 Å². The van der Waals surface area contributed by atoms with Crippen LogP contribution in [0.1, 0.15) is 25.8 Å². The molecule has 0 heterocycles. The number of nitrogens with two attached hydrogens (primary N) is 1. The maximum absolute atomic E-state index is 5.72. The van der Waals surface area contributed by atoms with E-state index in [4.69, 9.17) is 15.2 Å². The SMILES string of the molecule is COCCc1ccc(OCCC(C)(C)CN)cc1. The molecule has 0 fully saturated rings. The Morgan fingerprint density at radius 2 is 1.78 bits per heavy atom. The van der Waals surface area contributed by atoms with Crippen LogP contribution in [0.15, 0.2) is 24.3 Å². The molecule has 102 valence electrons. The largest absolute Gasteiger partial charge is 0.494 e. The molecule has 0 spiro atoms. The van der Waals surface area contributed by atoms with Gasteiger partial charge in [-0.1, -0.05) is 26.0 Å². The van der Waals surface area contributed by atoms with Crippen molar-refractivity contribution in [2.75, 3.05) is 26.9 Å². The van der Waals surface area contributed by atoms with Crippen molar-refractivity contribution in [1.82, 2.24) is 0 Å². The number of benzene rings is 1. The van der Waals surface area contributed by atoms with Gasteiger partial charge in [-0.3, -0.25) is 0 Å². The molecule has 0 atom stereocenters. The normalized spacial score (nSPS) is 11.6. The summed E-state index contributed by atoms with van der Waals surface area (Å²) in [5.74, 6) is 0.920. The van der Waals surface area contributed by atoms with Crippen molar-refractivity contribution >= 4 is 0 Å². The Balaban J connectivity index is 2.35. The van der Waals surface area contributed by atoms with Crippen LogP contribution in [0.4, 0.5) is 0 Å². The second-order valence-electron chi connectivity index (χ2n) is 5.35. The molecule has 0 bridgehead atoms. The maximum Gasteiger partial charge on any atom is 0.119 e. The molecule has 0 radical (unpaired) electrons. The van der Waals surface area contributed by atoms with Crippen LogP contribution < -0.4 is 10.5 Å². The van der Waals surface area contributed by atoms with Crippen molar-refractivity contribution < 1.29 is 9.47 Å². The number of hydrogen-bond donors (Lipinski definition) is 1. The third-order valence-corrected chi connectivity index (χ3v) is 3.12. The summed E-state index contributed by atoms with van der Waals surface area (Å²) in [5, 5.41) is 0. The highest BCUT2D eigenvalue weighted by atomic mass is 16.5. The second kappa shape index (κ2) is 7.39. The van der Waals surface area contributed by atoms with Crippen LogP contribution in [0.3, 0.4) is 0 Å². The molecular weight excluding hydrogens is 226 g/mol. The minimum atomic E-state index is 0.151. The lowest BCUT2D eigenvalue weighted by Gasteiger charge is -2.22. The highest BCUT2D eigenvalue weighted by Gasteiger charge is 2.15. The molecule has 0 aromatic heterocycles. The van der Waals surface area contributed by atoms with Gasteiger partial charge in [-0.05, 0) is 42.5 Å². The first kappa shape index (κ1) is 15.0. The van der Waals surface area contributed by atoms with Crippen LogP contribution in [-0.4, -0.2) is 26.9 Å². The van der Waals surface area contributed by atoms with Gasteiger partial charge in [0.2, 0.25) is 0 Å². The standard InChI is InChI=1S/C15H25NO2/c1-15(2,12-16)9-11-18-14-6-4-13(5-7-14)8-10-17-3/h4-7H,8-12,16H2,1-3H3. The maximum atomic E-state index is 5.72. The molecule has 3 heteroatoms. The molecule has 0 aliphatic heterocycles. The van der Waals surface area contributed by atoms with Gasteiger partial charge in [0.15, 0.2) is 0 Å². The lowest BCUT2D eigenvalue weighted by atomic mass is 9.90. The van der Waals surface area contributed by atoms with Gasteiger partial charge in [-0.25, -0.2) is 0 Å². The van der Waals surface area contributed by atoms with Gasteiger partial charge in [0.1, 0.15) is 5.75 Å². The van der Waals surface area contributed by atoms with Gasteiger partial charge < -0.3 is 15.2 Å². The topological polar surface area (TPSA) is 44.5 Å². The summed E-state index contributed by atoms with van der Waals surface area (Å²) in [7, 11) is 1.72. The average Bonchev–Trinajstić information content (AvgIpc) is 2.38. The molecule has 0 aliphatic carbocycles. The molecule has 1 rings (SSSR count). The molecule has 0 unspecified atom stereocenters. The predicted molar refractivity (Wildman–Crippen MR) is 75.0 cm³/mol. The number of methoxy groups -OCH3 is 1. The predicted octanol–water partition coefficient (Wildman–Crippen LogP) is 2.63. The van der Waals surface area contributed by atoms with Gasteiger partial charge in [-0.2, -0.15) is 0 Å². The van der Waals surface area contributed by atoms with Crippen LogP contribution in [-0.2, 0) is 11.2 Å². The average molecular weight is 251 g/mol. The van der Waals surface area contributed by atoms with E-state index >= 15 is 0 Å². The van der Waals surface area contributed by atoms with Gasteiger partial charge in [0.05, 0.1) is 13.2 Å². The Kier molecular flexibility index (Phi) is 6.16. The van der Waals surface area contributed by atoms with Crippen molar-refractivity contribution in [3.05, 3.63) is 29.8 Å². The van der Waals surface area contributed by atoms with Crippen molar-refractivity contribution in [3.8, 4) is 5.75 Å². The fourth-order valence-electron chi connectivity index (χ4n) is 1.52. The van der Waals surface area contributed by atoms with Gasteiger partial charge in [0, 0.05) is 7.11 Å². The molecule has 0 saturated carbocycles. The number of hydrogen-bond acceptors (Lipinski definition) is 3. The Morgan fingerprint density at radius 1 is 1.11 bits per heavy atom. The summed E-state index contributed by atoms with van der Waals surface area (Å²) in [4.78, 5) is 0. The summed E-state index contributed by atoms with van der Waals surface area (Å²) < 4.78 is 10.8. The van der Waals surface area contributed by atoms with Gasteiger partial charge >= 0.3 is 0 Å². The molecule has 3 nitrogen and oxygen atoms in total. The number of rotatable bonds is 8. The van der Waals surface area contributed by atoms with E-state index in [-0.39, 0.29) is 5.41 Å². The Morgan fingerprint density at radius 3 is 2.33 bits per heavy atom. The Bertz CT molecular complexity index is 333. The molecule has 2 N–H and O–H groups in total. The van der Waals surface area contributed by atoms with E-state index in [2.05, 4.69) is 26.0 Å². The molecule has 1 aromatic rings. The van der Waals surface area contributed by atoms with Crippen LogP contribution >= 0.6 is 0 Å². The zero-order chi connectivity index (χ0) is 13.4. The quantitative estimate of drug-likeness (QED) is 0.772. The highest BCUT2D eigenvalue weighted by molar-refractivity contribution is 5.27. The van der Waals surface area contributed by atoms with E-state index in [9.17, 15) is 0 Å². The smallest absolute Gasteiger partial charge is 0.119 e. The van der Waals surface area contributed by atoms with Crippen molar-refractivity contribution in [2.24, 2.45) is 11.1 Å². The second-order valence-corrected chi connectivity index (χ2v) is 5.35.